The molecule has 4 heteroatoms. The highest BCUT2D eigenvalue weighted by Crippen LogP contribution is 2.23. The Morgan fingerprint density at radius 1 is 1.24 bits per heavy atom. The van der Waals surface area contributed by atoms with Crippen molar-refractivity contribution in [3.63, 3.8) is 0 Å². The molecule has 0 aliphatic carbocycles. The van der Waals surface area contributed by atoms with Crippen LogP contribution in [0.25, 0.3) is 0 Å². The van der Waals surface area contributed by atoms with Gasteiger partial charge in [-0.1, -0.05) is 18.2 Å². The first kappa shape index (κ1) is 12.1. The van der Waals surface area contributed by atoms with Crippen LogP contribution in [-0.4, -0.2) is 11.7 Å². The van der Waals surface area contributed by atoms with E-state index in [9.17, 15) is 4.39 Å². The zero-order valence-electron chi connectivity index (χ0n) is 9.23. The van der Waals surface area contributed by atoms with Gasteiger partial charge in [0.15, 0.2) is 11.6 Å². The van der Waals surface area contributed by atoms with Crippen LogP contribution in [0.15, 0.2) is 35.7 Å². The van der Waals surface area contributed by atoms with E-state index in [0.29, 0.717) is 12.2 Å². The molecule has 1 aromatic carbocycles. The molecule has 0 atom stereocenters. The molecule has 17 heavy (non-hydrogen) atoms. The van der Waals surface area contributed by atoms with E-state index in [-0.39, 0.29) is 12.4 Å². The van der Waals surface area contributed by atoms with Crippen LogP contribution in [0.3, 0.4) is 0 Å². The summed E-state index contributed by atoms with van der Waals surface area (Å²) in [5.41, 5.74) is 0.483. The molecule has 0 bridgehead atoms. The molecule has 0 spiro atoms. The van der Waals surface area contributed by atoms with Gasteiger partial charge in [0, 0.05) is 16.9 Å². The normalized spacial score (nSPS) is 10.5. The van der Waals surface area contributed by atoms with Gasteiger partial charge in [0.25, 0.3) is 0 Å². The zero-order valence-corrected chi connectivity index (χ0v) is 10.0. The Kier molecular flexibility index (Phi) is 4.12. The smallest absolute Gasteiger partial charge is 0.165 e. The minimum absolute atomic E-state index is 0.159. The highest BCUT2D eigenvalue weighted by atomic mass is 32.1. The third-order valence-corrected chi connectivity index (χ3v) is 3.33. The molecule has 2 rings (SSSR count). The molecule has 0 aliphatic rings. The third kappa shape index (κ3) is 3.05. The van der Waals surface area contributed by atoms with Gasteiger partial charge in [-0.15, -0.1) is 11.3 Å². The van der Waals surface area contributed by atoms with Gasteiger partial charge in [0.05, 0.1) is 13.2 Å². The second kappa shape index (κ2) is 5.80. The lowest BCUT2D eigenvalue weighted by atomic mass is 10.2. The van der Waals surface area contributed by atoms with Gasteiger partial charge >= 0.3 is 0 Å². The Morgan fingerprint density at radius 3 is 2.82 bits per heavy atom. The fraction of sp³-hybridized carbons (Fsp3) is 0.231. The molecule has 90 valence electrons. The summed E-state index contributed by atoms with van der Waals surface area (Å²) < 4.78 is 18.9. The summed E-state index contributed by atoms with van der Waals surface area (Å²) in [6, 6.07) is 8.54. The first-order valence-electron chi connectivity index (χ1n) is 5.34. The number of thiophene rings is 1. The summed E-state index contributed by atoms with van der Waals surface area (Å²) in [5.74, 6) is -0.269. The summed E-state index contributed by atoms with van der Waals surface area (Å²) in [5, 5.41) is 11.1. The fourth-order valence-electron chi connectivity index (χ4n) is 1.55. The maximum Gasteiger partial charge on any atom is 0.165 e. The molecule has 0 amide bonds. The molecule has 0 aliphatic heterocycles. The Morgan fingerprint density at radius 2 is 2.12 bits per heavy atom. The van der Waals surface area contributed by atoms with Gasteiger partial charge in [-0.25, -0.2) is 4.39 Å². The quantitative estimate of drug-likeness (QED) is 0.886. The largest absolute Gasteiger partial charge is 0.490 e. The van der Waals surface area contributed by atoms with E-state index in [1.54, 1.807) is 23.5 Å². The van der Waals surface area contributed by atoms with Crippen LogP contribution >= 0.6 is 11.3 Å². The number of rotatable bonds is 5. The van der Waals surface area contributed by atoms with E-state index in [4.69, 9.17) is 9.84 Å². The number of hydrogen-bond acceptors (Lipinski definition) is 3. The Bertz CT molecular complexity index is 468. The van der Waals surface area contributed by atoms with Crippen LogP contribution in [-0.2, 0) is 13.0 Å². The van der Waals surface area contributed by atoms with Gasteiger partial charge in [0.1, 0.15) is 0 Å². The number of para-hydroxylation sites is 1. The maximum atomic E-state index is 13.5. The van der Waals surface area contributed by atoms with Crippen molar-refractivity contribution >= 4 is 11.3 Å². The van der Waals surface area contributed by atoms with Crippen molar-refractivity contribution in [2.45, 2.75) is 13.0 Å². The van der Waals surface area contributed by atoms with Crippen molar-refractivity contribution in [1.82, 2.24) is 0 Å². The number of hydrogen-bond donors (Lipinski definition) is 1. The van der Waals surface area contributed by atoms with Gasteiger partial charge in [-0.05, 0) is 17.5 Å². The van der Waals surface area contributed by atoms with Crippen LogP contribution in [0.2, 0.25) is 0 Å². The van der Waals surface area contributed by atoms with E-state index >= 15 is 0 Å². The SMILES string of the molecule is OCc1cccc(F)c1OCCc1cccs1. The van der Waals surface area contributed by atoms with E-state index in [0.717, 1.165) is 6.42 Å². The summed E-state index contributed by atoms with van der Waals surface area (Å²) in [4.78, 5) is 1.20. The van der Waals surface area contributed by atoms with E-state index in [1.165, 1.54) is 10.9 Å². The van der Waals surface area contributed by atoms with Crippen LogP contribution in [0.1, 0.15) is 10.4 Å². The second-order valence-corrected chi connectivity index (χ2v) is 4.60. The van der Waals surface area contributed by atoms with Crippen LogP contribution in [0.4, 0.5) is 4.39 Å². The highest BCUT2D eigenvalue weighted by Gasteiger charge is 2.08. The molecule has 2 nitrogen and oxygen atoms in total. The van der Waals surface area contributed by atoms with Crippen molar-refractivity contribution in [1.29, 1.82) is 0 Å². The molecule has 2 aromatic rings. The maximum absolute atomic E-state index is 13.5. The molecular weight excluding hydrogens is 239 g/mol. The summed E-state index contributed by atoms with van der Waals surface area (Å²) >= 11 is 1.65. The lowest BCUT2D eigenvalue weighted by molar-refractivity contribution is 0.258. The van der Waals surface area contributed by atoms with E-state index < -0.39 is 5.82 Å². The summed E-state index contributed by atoms with van der Waals surface area (Å²) in [6.45, 7) is 0.195. The highest BCUT2D eigenvalue weighted by molar-refractivity contribution is 7.09. The predicted molar refractivity (Wildman–Crippen MR) is 65.8 cm³/mol. The average molecular weight is 252 g/mol. The van der Waals surface area contributed by atoms with Gasteiger partial charge in [0.2, 0.25) is 0 Å². The summed E-state index contributed by atoms with van der Waals surface area (Å²) in [6.07, 6.45) is 0.747. The summed E-state index contributed by atoms with van der Waals surface area (Å²) in [7, 11) is 0. The van der Waals surface area contributed by atoms with Crippen molar-refractivity contribution in [2.75, 3.05) is 6.61 Å². The van der Waals surface area contributed by atoms with Crippen LogP contribution in [0, 0.1) is 5.82 Å². The fourth-order valence-corrected chi connectivity index (χ4v) is 2.24. The van der Waals surface area contributed by atoms with Crippen molar-refractivity contribution in [2.24, 2.45) is 0 Å². The van der Waals surface area contributed by atoms with Gasteiger partial charge in [-0.3, -0.25) is 0 Å². The Labute approximate surface area is 103 Å². The third-order valence-electron chi connectivity index (χ3n) is 2.39. The molecule has 1 N–H and O–H groups in total. The van der Waals surface area contributed by atoms with Crippen LogP contribution < -0.4 is 4.74 Å². The molecule has 0 radical (unpaired) electrons. The molecule has 0 fully saturated rings. The first-order valence-corrected chi connectivity index (χ1v) is 6.22. The van der Waals surface area contributed by atoms with Crippen molar-refractivity contribution in [3.8, 4) is 5.75 Å². The van der Waals surface area contributed by atoms with Gasteiger partial charge < -0.3 is 9.84 Å². The average Bonchev–Trinajstić information content (AvgIpc) is 2.84. The molecular formula is C13H13FO2S. The van der Waals surface area contributed by atoms with Crippen molar-refractivity contribution < 1.29 is 14.2 Å². The topological polar surface area (TPSA) is 29.5 Å². The number of aliphatic hydroxyl groups is 1. The monoisotopic (exact) mass is 252 g/mol. The Hall–Kier alpha value is -1.39. The zero-order chi connectivity index (χ0) is 12.1. The molecule has 1 heterocycles. The standard InChI is InChI=1S/C13H13FO2S/c14-12-5-1-3-10(9-15)13(12)16-7-6-11-4-2-8-17-11/h1-5,8,15H,6-7,9H2. The predicted octanol–water partition coefficient (Wildman–Crippen LogP) is 3.00. The van der Waals surface area contributed by atoms with Crippen molar-refractivity contribution in [3.05, 3.63) is 52.0 Å². The molecule has 0 saturated carbocycles. The second-order valence-electron chi connectivity index (χ2n) is 3.56. The Balaban J connectivity index is 1.98. The van der Waals surface area contributed by atoms with E-state index in [1.807, 2.05) is 17.5 Å². The lowest BCUT2D eigenvalue weighted by Crippen LogP contribution is -2.04. The first-order chi connectivity index (χ1) is 8.31. The minimum atomic E-state index is -0.428. The number of halogens is 1. The molecule has 1 aromatic heterocycles. The molecule has 0 unspecified atom stereocenters. The number of aliphatic hydroxyl groups excluding tert-OH is 1. The van der Waals surface area contributed by atoms with Crippen LogP contribution in [0.5, 0.6) is 5.75 Å². The number of ether oxygens (including phenoxy) is 1. The van der Waals surface area contributed by atoms with Gasteiger partial charge in [-0.2, -0.15) is 0 Å². The number of benzene rings is 1. The lowest BCUT2D eigenvalue weighted by Gasteiger charge is -2.10. The van der Waals surface area contributed by atoms with E-state index in [2.05, 4.69) is 0 Å². The molecule has 0 saturated heterocycles. The minimum Gasteiger partial charge on any atom is -0.490 e.